The third kappa shape index (κ3) is 3.62. The standard InChI is InChI=1S/C23H24O11/c1-9-3-12-4-11-5-13(25)6-14(16(11)21-17(12)23(29,34-9)8-31-21)32-22-20(28)19(27)18(26)15(33-22)7-30-10(2)24/h3-6,15,18-20,22,25-29H,7-8H2,1-2H3/t15-,18-,19+,20-,22-,23?/m1/s1. The molecule has 11 heteroatoms. The van der Waals surface area contributed by atoms with E-state index in [1.807, 2.05) is 0 Å². The largest absolute Gasteiger partial charge is 0.508 e. The molecule has 0 aliphatic carbocycles. The van der Waals surface area contributed by atoms with E-state index < -0.39 is 42.5 Å². The Labute approximate surface area is 193 Å². The van der Waals surface area contributed by atoms with Gasteiger partial charge in [0.15, 0.2) is 6.61 Å². The van der Waals surface area contributed by atoms with Crippen LogP contribution in [0.1, 0.15) is 25.0 Å². The molecule has 0 bridgehead atoms. The Morgan fingerprint density at radius 2 is 1.94 bits per heavy atom. The van der Waals surface area contributed by atoms with E-state index in [0.717, 1.165) is 0 Å². The molecule has 1 fully saturated rings. The molecule has 1 saturated heterocycles. The van der Waals surface area contributed by atoms with Crippen molar-refractivity contribution < 1.29 is 54.0 Å². The molecule has 11 nitrogen and oxygen atoms in total. The number of ether oxygens (including phenoxy) is 5. The first-order valence-corrected chi connectivity index (χ1v) is 10.6. The number of carbonyl (C=O) groups is 1. The zero-order chi connectivity index (χ0) is 24.4. The predicted molar refractivity (Wildman–Crippen MR) is 114 cm³/mol. The van der Waals surface area contributed by atoms with Gasteiger partial charge < -0.3 is 49.2 Å². The highest BCUT2D eigenvalue weighted by molar-refractivity contribution is 5.99. The van der Waals surface area contributed by atoms with Gasteiger partial charge in [-0.1, -0.05) is 0 Å². The van der Waals surface area contributed by atoms with Crippen LogP contribution in [-0.2, 0) is 24.8 Å². The third-order valence-electron chi connectivity index (χ3n) is 6.03. The van der Waals surface area contributed by atoms with E-state index in [1.54, 1.807) is 19.1 Å². The second-order valence-corrected chi connectivity index (χ2v) is 8.58. The topological polar surface area (TPSA) is 164 Å². The number of carbonyl (C=O) groups excluding carboxylic acids is 1. The Balaban J connectivity index is 1.56. The fourth-order valence-corrected chi connectivity index (χ4v) is 4.54. The minimum absolute atomic E-state index is 0.0298. The highest BCUT2D eigenvalue weighted by atomic mass is 16.7. The Kier molecular flexibility index (Phi) is 5.34. The Hall–Kier alpha value is -3.09. The van der Waals surface area contributed by atoms with Crippen molar-refractivity contribution in [3.05, 3.63) is 35.1 Å². The van der Waals surface area contributed by atoms with E-state index in [-0.39, 0.29) is 30.5 Å². The minimum atomic E-state index is -1.69. The number of hydrogen-bond donors (Lipinski definition) is 5. The van der Waals surface area contributed by atoms with Gasteiger partial charge >= 0.3 is 5.97 Å². The maximum absolute atomic E-state index is 11.2. The van der Waals surface area contributed by atoms with Gasteiger partial charge in [-0.2, -0.15) is 0 Å². The van der Waals surface area contributed by atoms with Gasteiger partial charge in [-0.15, -0.1) is 0 Å². The molecule has 5 N–H and O–H groups in total. The second kappa shape index (κ2) is 8.00. The molecule has 0 amide bonds. The number of phenolic OH excluding ortho intramolecular Hbond substituents is 1. The Morgan fingerprint density at radius 3 is 2.68 bits per heavy atom. The maximum atomic E-state index is 11.2. The number of fused-ring (bicyclic) bond motifs is 2. The van der Waals surface area contributed by atoms with Gasteiger partial charge in [-0.05, 0) is 36.1 Å². The number of hydrogen-bond acceptors (Lipinski definition) is 11. The quantitative estimate of drug-likeness (QED) is 0.384. The summed E-state index contributed by atoms with van der Waals surface area (Å²) in [5, 5.41) is 53.2. The van der Waals surface area contributed by atoms with E-state index in [2.05, 4.69) is 0 Å². The molecular weight excluding hydrogens is 452 g/mol. The van der Waals surface area contributed by atoms with Gasteiger partial charge in [0.05, 0.1) is 16.7 Å². The number of benzene rings is 2. The van der Waals surface area contributed by atoms with Crippen molar-refractivity contribution >= 4 is 22.8 Å². The zero-order valence-electron chi connectivity index (χ0n) is 18.3. The molecule has 34 heavy (non-hydrogen) atoms. The van der Waals surface area contributed by atoms with Crippen LogP contribution in [0.3, 0.4) is 0 Å². The summed E-state index contributed by atoms with van der Waals surface area (Å²) in [6.07, 6.45) is -5.80. The fourth-order valence-electron chi connectivity index (χ4n) is 4.54. The SMILES string of the molecule is CC(=O)OC[C@H]1O[C@@H](Oc2cc(O)cc3cc4c5c(c23)OCC5(O)OC(C)=C4)[C@H](O)[C@@H](O)[C@@H]1O. The first-order valence-electron chi connectivity index (χ1n) is 10.6. The van der Waals surface area contributed by atoms with Crippen molar-refractivity contribution in [2.75, 3.05) is 13.2 Å². The maximum Gasteiger partial charge on any atom is 0.302 e. The molecule has 0 spiro atoms. The number of aliphatic hydroxyl groups is 4. The minimum Gasteiger partial charge on any atom is -0.508 e. The van der Waals surface area contributed by atoms with Gasteiger partial charge in [-0.3, -0.25) is 4.79 Å². The monoisotopic (exact) mass is 476 g/mol. The van der Waals surface area contributed by atoms with E-state index >= 15 is 0 Å². The number of aliphatic hydroxyl groups excluding tert-OH is 3. The molecule has 2 aromatic rings. The van der Waals surface area contributed by atoms with Crippen LogP contribution in [0.25, 0.3) is 16.8 Å². The zero-order valence-corrected chi connectivity index (χ0v) is 18.3. The average Bonchev–Trinajstić information content (AvgIpc) is 3.10. The van der Waals surface area contributed by atoms with Crippen molar-refractivity contribution in [1.82, 2.24) is 0 Å². The van der Waals surface area contributed by atoms with Crippen molar-refractivity contribution in [3.8, 4) is 17.2 Å². The van der Waals surface area contributed by atoms with Gasteiger partial charge in [0.2, 0.25) is 6.29 Å². The molecule has 0 radical (unpaired) electrons. The van der Waals surface area contributed by atoms with E-state index in [9.17, 15) is 30.3 Å². The van der Waals surface area contributed by atoms with Gasteiger partial charge in [-0.25, -0.2) is 0 Å². The van der Waals surface area contributed by atoms with Crippen LogP contribution in [0.2, 0.25) is 0 Å². The number of aromatic hydroxyl groups is 1. The van der Waals surface area contributed by atoms with Crippen molar-refractivity contribution in [1.29, 1.82) is 0 Å². The Bertz CT molecular complexity index is 1190. The highest BCUT2D eigenvalue weighted by Gasteiger charge is 2.48. The summed E-state index contributed by atoms with van der Waals surface area (Å²) in [4.78, 5) is 11.2. The summed E-state index contributed by atoms with van der Waals surface area (Å²) in [6, 6.07) is 4.48. The lowest BCUT2D eigenvalue weighted by molar-refractivity contribution is -0.278. The number of phenols is 1. The first kappa shape index (κ1) is 22.7. The van der Waals surface area contributed by atoms with Crippen LogP contribution in [-0.4, -0.2) is 75.4 Å². The van der Waals surface area contributed by atoms with Crippen LogP contribution >= 0.6 is 0 Å². The van der Waals surface area contributed by atoms with Crippen LogP contribution in [0.15, 0.2) is 24.0 Å². The molecule has 0 aromatic heterocycles. The lowest BCUT2D eigenvalue weighted by Gasteiger charge is -2.40. The molecule has 2 aromatic carbocycles. The van der Waals surface area contributed by atoms with Crippen LogP contribution in [0.4, 0.5) is 0 Å². The molecule has 0 saturated carbocycles. The molecule has 3 heterocycles. The third-order valence-corrected chi connectivity index (χ3v) is 6.03. The smallest absolute Gasteiger partial charge is 0.302 e. The molecular formula is C23H24O11. The predicted octanol–water partition coefficient (Wildman–Crippen LogP) is 0.223. The molecule has 1 unspecified atom stereocenters. The lowest BCUT2D eigenvalue weighted by Crippen LogP contribution is -2.60. The molecule has 6 atom stereocenters. The van der Waals surface area contributed by atoms with Gasteiger partial charge in [0.1, 0.15) is 48.3 Å². The van der Waals surface area contributed by atoms with Crippen LogP contribution in [0, 0.1) is 0 Å². The number of rotatable bonds is 4. The highest BCUT2D eigenvalue weighted by Crippen LogP contribution is 2.51. The fraction of sp³-hybridized carbons (Fsp3) is 0.435. The molecule has 3 aliphatic heterocycles. The summed E-state index contributed by atoms with van der Waals surface area (Å²) in [6.45, 7) is 2.34. The van der Waals surface area contributed by atoms with Crippen molar-refractivity contribution in [3.63, 3.8) is 0 Å². The Morgan fingerprint density at radius 1 is 1.18 bits per heavy atom. The van der Waals surface area contributed by atoms with E-state index in [0.29, 0.717) is 27.7 Å². The van der Waals surface area contributed by atoms with Crippen molar-refractivity contribution in [2.24, 2.45) is 0 Å². The van der Waals surface area contributed by atoms with Crippen molar-refractivity contribution in [2.45, 2.75) is 50.3 Å². The lowest BCUT2D eigenvalue weighted by atomic mass is 9.93. The summed E-state index contributed by atoms with van der Waals surface area (Å²) >= 11 is 0. The summed E-state index contributed by atoms with van der Waals surface area (Å²) < 4.78 is 27.7. The van der Waals surface area contributed by atoms with Gasteiger partial charge in [0, 0.05) is 13.0 Å². The second-order valence-electron chi connectivity index (χ2n) is 8.58. The summed E-state index contributed by atoms with van der Waals surface area (Å²) in [5.41, 5.74) is 1.05. The summed E-state index contributed by atoms with van der Waals surface area (Å²) in [5.74, 6) is -1.66. The van der Waals surface area contributed by atoms with E-state index in [1.165, 1.54) is 19.1 Å². The number of allylic oxidation sites excluding steroid dienone is 1. The normalized spacial score (nSPS) is 31.8. The van der Waals surface area contributed by atoms with Gasteiger partial charge in [0.25, 0.3) is 5.79 Å². The average molecular weight is 476 g/mol. The van der Waals surface area contributed by atoms with Crippen LogP contribution < -0.4 is 9.47 Å². The summed E-state index contributed by atoms with van der Waals surface area (Å²) in [7, 11) is 0. The van der Waals surface area contributed by atoms with E-state index in [4.69, 9.17) is 23.7 Å². The molecule has 3 aliphatic rings. The number of esters is 1. The van der Waals surface area contributed by atoms with Crippen LogP contribution in [0.5, 0.6) is 17.2 Å². The molecule has 182 valence electrons. The first-order chi connectivity index (χ1) is 16.1. The molecule has 5 rings (SSSR count).